The van der Waals surface area contributed by atoms with Gasteiger partial charge in [-0.2, -0.15) is 0 Å². The summed E-state index contributed by atoms with van der Waals surface area (Å²) in [6, 6.07) is 8.27. The number of hydrogen-bond donors (Lipinski definition) is 3. The number of carbonyl (C=O) groups excluding carboxylic acids is 1. The van der Waals surface area contributed by atoms with Crippen LogP contribution < -0.4 is 15.5 Å². The van der Waals surface area contributed by atoms with Gasteiger partial charge in [0.05, 0.1) is 11.9 Å². The first-order chi connectivity index (χ1) is 13.6. The molecule has 1 amide bonds. The lowest BCUT2D eigenvalue weighted by Crippen LogP contribution is -2.49. The minimum atomic E-state index is 0.0135. The number of aromatic amines is 1. The molecule has 1 aliphatic heterocycles. The number of rotatable bonds is 5. The third-order valence-electron chi connectivity index (χ3n) is 5.38. The van der Waals surface area contributed by atoms with E-state index >= 15 is 0 Å². The van der Waals surface area contributed by atoms with Gasteiger partial charge in [0.1, 0.15) is 17.8 Å². The number of nitrogens with one attached hydrogen (secondary N) is 3. The van der Waals surface area contributed by atoms with E-state index < -0.39 is 0 Å². The Balaban J connectivity index is 1.35. The first-order valence-corrected chi connectivity index (χ1v) is 9.73. The highest BCUT2D eigenvalue weighted by molar-refractivity contribution is 5.87. The maximum absolute atomic E-state index is 12.4. The Kier molecular flexibility index (Phi) is 5.14. The van der Waals surface area contributed by atoms with Gasteiger partial charge >= 0.3 is 0 Å². The number of amides is 1. The number of hydrogen-bond acceptors (Lipinski definition) is 5. The van der Waals surface area contributed by atoms with Crippen LogP contribution in [-0.4, -0.2) is 46.5 Å². The summed E-state index contributed by atoms with van der Waals surface area (Å²) in [5.41, 5.74) is 4.28. The molecule has 0 saturated carbocycles. The number of aromatic nitrogens is 3. The molecule has 3 heterocycles. The first-order valence-electron chi connectivity index (χ1n) is 9.73. The molecule has 0 unspecified atom stereocenters. The van der Waals surface area contributed by atoms with Crippen molar-refractivity contribution in [2.45, 2.75) is 32.7 Å². The lowest BCUT2D eigenvalue weighted by Gasteiger charge is -2.34. The quantitative estimate of drug-likeness (QED) is 0.636. The van der Waals surface area contributed by atoms with E-state index in [-0.39, 0.29) is 18.5 Å². The third kappa shape index (κ3) is 3.93. The summed E-state index contributed by atoms with van der Waals surface area (Å²) in [5, 5.41) is 7.40. The summed E-state index contributed by atoms with van der Waals surface area (Å²) in [6.07, 6.45) is 5.47. The predicted molar refractivity (Wildman–Crippen MR) is 112 cm³/mol. The Morgan fingerprint density at radius 3 is 3.00 bits per heavy atom. The topological polar surface area (TPSA) is 85.9 Å². The van der Waals surface area contributed by atoms with Crippen molar-refractivity contribution in [2.24, 2.45) is 0 Å². The van der Waals surface area contributed by atoms with Crippen LogP contribution in [0.3, 0.4) is 0 Å². The van der Waals surface area contributed by atoms with Gasteiger partial charge in [0.15, 0.2) is 0 Å². The molecule has 0 bridgehead atoms. The van der Waals surface area contributed by atoms with Gasteiger partial charge in [-0.05, 0) is 56.0 Å². The molecule has 1 fully saturated rings. The minimum Gasteiger partial charge on any atom is -0.376 e. The van der Waals surface area contributed by atoms with Crippen LogP contribution in [0.4, 0.5) is 11.5 Å². The molecule has 146 valence electrons. The molecule has 1 saturated heterocycles. The van der Waals surface area contributed by atoms with Crippen molar-refractivity contribution in [1.82, 2.24) is 20.3 Å². The fourth-order valence-corrected chi connectivity index (χ4v) is 3.71. The van der Waals surface area contributed by atoms with Gasteiger partial charge in [-0.25, -0.2) is 9.97 Å². The molecule has 0 aliphatic carbocycles. The van der Waals surface area contributed by atoms with Crippen LogP contribution in [-0.2, 0) is 4.79 Å². The molecule has 1 aliphatic rings. The number of nitrogens with zero attached hydrogens (tertiary/aromatic N) is 3. The van der Waals surface area contributed by atoms with Crippen LogP contribution in [0, 0.1) is 13.8 Å². The molecular weight excluding hydrogens is 352 g/mol. The summed E-state index contributed by atoms with van der Waals surface area (Å²) >= 11 is 0. The Bertz CT molecular complexity index is 982. The number of benzene rings is 1. The van der Waals surface area contributed by atoms with Crippen LogP contribution in [0.5, 0.6) is 0 Å². The van der Waals surface area contributed by atoms with E-state index in [1.807, 2.05) is 18.3 Å². The third-order valence-corrected chi connectivity index (χ3v) is 5.38. The molecule has 7 heteroatoms. The van der Waals surface area contributed by atoms with Crippen molar-refractivity contribution in [3.8, 4) is 0 Å². The van der Waals surface area contributed by atoms with E-state index in [1.54, 1.807) is 6.33 Å². The zero-order valence-corrected chi connectivity index (χ0v) is 16.3. The van der Waals surface area contributed by atoms with E-state index in [0.717, 1.165) is 48.5 Å². The van der Waals surface area contributed by atoms with Gasteiger partial charge < -0.3 is 20.5 Å². The van der Waals surface area contributed by atoms with Gasteiger partial charge in [0, 0.05) is 31.0 Å². The Morgan fingerprint density at radius 2 is 2.14 bits per heavy atom. The van der Waals surface area contributed by atoms with E-state index in [9.17, 15) is 4.79 Å². The second-order valence-corrected chi connectivity index (χ2v) is 7.44. The average molecular weight is 378 g/mol. The largest absolute Gasteiger partial charge is 0.376 e. The smallest absolute Gasteiger partial charge is 0.239 e. The summed E-state index contributed by atoms with van der Waals surface area (Å²) in [5.74, 6) is 0.943. The number of carbonyl (C=O) groups is 1. The van der Waals surface area contributed by atoms with Gasteiger partial charge in [-0.15, -0.1) is 0 Å². The van der Waals surface area contributed by atoms with Gasteiger partial charge in [-0.1, -0.05) is 6.07 Å². The van der Waals surface area contributed by atoms with Crippen LogP contribution in [0.1, 0.15) is 24.0 Å². The molecule has 1 atom stereocenters. The zero-order chi connectivity index (χ0) is 19.5. The molecule has 28 heavy (non-hydrogen) atoms. The number of H-pyrrole nitrogens is 1. The summed E-state index contributed by atoms with van der Waals surface area (Å²) in [6.45, 7) is 6.12. The molecule has 0 radical (unpaired) electrons. The first kappa shape index (κ1) is 18.3. The maximum Gasteiger partial charge on any atom is 0.239 e. The summed E-state index contributed by atoms with van der Waals surface area (Å²) in [4.78, 5) is 26.5. The van der Waals surface area contributed by atoms with Gasteiger partial charge in [0.25, 0.3) is 0 Å². The van der Waals surface area contributed by atoms with Crippen LogP contribution in [0.15, 0.2) is 36.8 Å². The van der Waals surface area contributed by atoms with Crippen molar-refractivity contribution >= 4 is 28.4 Å². The number of aryl methyl sites for hydroxylation is 2. The van der Waals surface area contributed by atoms with Gasteiger partial charge in [-0.3, -0.25) is 4.79 Å². The average Bonchev–Trinajstić information content (AvgIpc) is 3.18. The Hall–Kier alpha value is -3.09. The van der Waals surface area contributed by atoms with Crippen molar-refractivity contribution in [3.63, 3.8) is 0 Å². The second-order valence-electron chi connectivity index (χ2n) is 7.44. The summed E-state index contributed by atoms with van der Waals surface area (Å²) in [7, 11) is 0. The highest BCUT2D eigenvalue weighted by Crippen LogP contribution is 2.25. The number of piperidine rings is 1. The van der Waals surface area contributed by atoms with Crippen molar-refractivity contribution in [2.75, 3.05) is 29.9 Å². The Morgan fingerprint density at radius 1 is 1.25 bits per heavy atom. The van der Waals surface area contributed by atoms with Gasteiger partial charge in [0.2, 0.25) is 5.91 Å². The SMILES string of the molecule is Cc1ccc(NCC(=O)N[C@@H]2CCCN(c3ncnc4[nH]ccc34)C2)cc1C. The fraction of sp³-hybridized carbons (Fsp3) is 0.381. The fourth-order valence-electron chi connectivity index (χ4n) is 3.71. The predicted octanol–water partition coefficient (Wildman–Crippen LogP) is 2.77. The molecule has 2 aromatic heterocycles. The molecule has 7 nitrogen and oxygen atoms in total. The highest BCUT2D eigenvalue weighted by Gasteiger charge is 2.23. The van der Waals surface area contributed by atoms with E-state index in [4.69, 9.17) is 0 Å². The van der Waals surface area contributed by atoms with Crippen molar-refractivity contribution in [1.29, 1.82) is 0 Å². The van der Waals surface area contributed by atoms with Crippen LogP contribution in [0.2, 0.25) is 0 Å². The van der Waals surface area contributed by atoms with Crippen molar-refractivity contribution < 1.29 is 4.79 Å². The molecule has 1 aromatic carbocycles. The molecule has 4 rings (SSSR count). The zero-order valence-electron chi connectivity index (χ0n) is 16.3. The molecular formula is C21H26N6O. The highest BCUT2D eigenvalue weighted by atomic mass is 16.2. The second kappa shape index (κ2) is 7.88. The Labute approximate surface area is 164 Å². The number of anilines is 2. The summed E-state index contributed by atoms with van der Waals surface area (Å²) < 4.78 is 0. The maximum atomic E-state index is 12.4. The van der Waals surface area contributed by atoms with E-state index in [2.05, 4.69) is 56.5 Å². The molecule has 0 spiro atoms. The normalized spacial score (nSPS) is 16.9. The van der Waals surface area contributed by atoms with Crippen LogP contribution >= 0.6 is 0 Å². The monoisotopic (exact) mass is 378 g/mol. The standard InChI is InChI=1S/C21H26N6O/c1-14-5-6-16(10-15(14)2)23-11-19(28)26-17-4-3-9-27(12-17)21-18-7-8-22-20(18)24-13-25-21/h5-8,10,13,17,23H,3-4,9,11-12H2,1-2H3,(H,26,28)(H,22,24,25)/t17-/m1/s1. The van der Waals surface area contributed by atoms with E-state index in [1.165, 1.54) is 11.1 Å². The molecule has 3 aromatic rings. The lowest BCUT2D eigenvalue weighted by molar-refractivity contribution is -0.120. The molecule has 3 N–H and O–H groups in total. The van der Waals surface area contributed by atoms with E-state index in [0.29, 0.717) is 0 Å². The van der Waals surface area contributed by atoms with Crippen LogP contribution in [0.25, 0.3) is 11.0 Å². The minimum absolute atomic E-state index is 0.0135. The lowest BCUT2D eigenvalue weighted by atomic mass is 10.1. The van der Waals surface area contributed by atoms with Crippen molar-refractivity contribution in [3.05, 3.63) is 47.9 Å². The number of fused-ring (bicyclic) bond motifs is 1.